The van der Waals surface area contributed by atoms with E-state index in [1.807, 2.05) is 62.6 Å². The lowest BCUT2D eigenvalue weighted by atomic mass is 10.1. The number of furan rings is 1. The molecule has 0 N–H and O–H groups in total. The smallest absolute Gasteiger partial charge is 0.348 e. The summed E-state index contributed by atoms with van der Waals surface area (Å²) in [5.74, 6) is 0. The fourth-order valence-corrected chi connectivity index (χ4v) is 3.54. The Labute approximate surface area is 180 Å². The van der Waals surface area contributed by atoms with Gasteiger partial charge in [0, 0.05) is 24.6 Å². The van der Waals surface area contributed by atoms with E-state index < -0.39 is 0 Å². The molecular weight excluding hydrogens is 394 g/mol. The molecule has 0 aliphatic heterocycles. The quantitative estimate of drug-likeness (QED) is 0.385. The SMILES string of the molecule is COCCn1c(=O)nc(-c2ccc(COCCN(C)C)cc2)c2oc3ccccc3c21. The monoisotopic (exact) mass is 421 g/mol. The van der Waals surface area contributed by atoms with Gasteiger partial charge in [-0.1, -0.05) is 36.4 Å². The van der Waals surface area contributed by atoms with Crippen molar-refractivity contribution in [3.63, 3.8) is 0 Å². The van der Waals surface area contributed by atoms with Gasteiger partial charge in [0.05, 0.1) is 26.4 Å². The molecule has 0 amide bonds. The predicted molar refractivity (Wildman–Crippen MR) is 121 cm³/mol. The second-order valence-electron chi connectivity index (χ2n) is 7.72. The average molecular weight is 421 g/mol. The van der Waals surface area contributed by atoms with Gasteiger partial charge in [0.1, 0.15) is 16.8 Å². The van der Waals surface area contributed by atoms with Crippen molar-refractivity contribution in [1.29, 1.82) is 0 Å². The minimum Gasteiger partial charge on any atom is -0.452 e. The van der Waals surface area contributed by atoms with Crippen LogP contribution in [-0.2, 0) is 22.6 Å². The summed E-state index contributed by atoms with van der Waals surface area (Å²) in [6.45, 7) is 2.92. The molecule has 4 rings (SSSR count). The Morgan fingerprint density at radius 2 is 1.84 bits per heavy atom. The maximum absolute atomic E-state index is 12.9. The first-order chi connectivity index (χ1) is 15.1. The number of ether oxygens (including phenoxy) is 2. The number of aromatic nitrogens is 2. The van der Waals surface area contributed by atoms with E-state index in [1.54, 1.807) is 11.7 Å². The van der Waals surface area contributed by atoms with Crippen LogP contribution < -0.4 is 5.69 Å². The summed E-state index contributed by atoms with van der Waals surface area (Å²) < 4.78 is 18.7. The summed E-state index contributed by atoms with van der Waals surface area (Å²) in [5.41, 5.74) is 4.20. The fourth-order valence-electron chi connectivity index (χ4n) is 3.54. The van der Waals surface area contributed by atoms with E-state index in [0.29, 0.717) is 37.6 Å². The van der Waals surface area contributed by atoms with Crippen molar-refractivity contribution >= 4 is 22.1 Å². The Morgan fingerprint density at radius 1 is 1.06 bits per heavy atom. The Kier molecular flexibility index (Phi) is 6.46. The minimum absolute atomic E-state index is 0.317. The third kappa shape index (κ3) is 4.54. The van der Waals surface area contributed by atoms with Gasteiger partial charge >= 0.3 is 5.69 Å². The number of hydrogen-bond donors (Lipinski definition) is 0. The molecule has 0 bridgehead atoms. The van der Waals surface area contributed by atoms with Crippen LogP contribution in [0.4, 0.5) is 0 Å². The second kappa shape index (κ2) is 9.43. The highest BCUT2D eigenvalue weighted by atomic mass is 16.5. The van der Waals surface area contributed by atoms with E-state index in [-0.39, 0.29) is 5.69 Å². The van der Waals surface area contributed by atoms with Gasteiger partial charge in [-0.25, -0.2) is 4.79 Å². The molecule has 162 valence electrons. The third-order valence-electron chi connectivity index (χ3n) is 5.19. The van der Waals surface area contributed by atoms with Crippen LogP contribution in [0.15, 0.2) is 57.7 Å². The van der Waals surface area contributed by atoms with Crippen LogP contribution in [-0.4, -0.2) is 55.4 Å². The molecule has 2 aromatic heterocycles. The maximum Gasteiger partial charge on any atom is 0.348 e. The van der Waals surface area contributed by atoms with Gasteiger partial charge in [0.25, 0.3) is 0 Å². The molecule has 4 aromatic rings. The summed E-state index contributed by atoms with van der Waals surface area (Å²) in [6, 6.07) is 15.6. The van der Waals surface area contributed by atoms with E-state index in [2.05, 4.69) is 9.88 Å². The third-order valence-corrected chi connectivity index (χ3v) is 5.19. The number of rotatable bonds is 9. The number of nitrogens with zero attached hydrogens (tertiary/aromatic N) is 3. The zero-order valence-electron chi connectivity index (χ0n) is 18.1. The number of benzene rings is 2. The maximum atomic E-state index is 12.9. The molecule has 0 spiro atoms. The Bertz CT molecular complexity index is 1230. The van der Waals surface area contributed by atoms with Gasteiger partial charge in [-0.2, -0.15) is 4.98 Å². The zero-order valence-corrected chi connectivity index (χ0v) is 18.1. The Balaban J connectivity index is 1.72. The second-order valence-corrected chi connectivity index (χ2v) is 7.72. The van der Waals surface area contributed by atoms with Gasteiger partial charge < -0.3 is 18.8 Å². The van der Waals surface area contributed by atoms with Crippen LogP contribution in [0.3, 0.4) is 0 Å². The highest BCUT2D eigenvalue weighted by Crippen LogP contribution is 2.33. The van der Waals surface area contributed by atoms with Crippen molar-refractivity contribution in [3.8, 4) is 11.3 Å². The molecule has 0 fully saturated rings. The number of hydrogen-bond acceptors (Lipinski definition) is 6. The molecule has 2 aromatic carbocycles. The van der Waals surface area contributed by atoms with Crippen LogP contribution in [0.1, 0.15) is 5.56 Å². The lowest BCUT2D eigenvalue weighted by Gasteiger charge is -2.11. The fraction of sp³-hybridized carbons (Fsp3) is 0.333. The number of fused-ring (bicyclic) bond motifs is 3. The highest BCUT2D eigenvalue weighted by Gasteiger charge is 2.19. The number of likely N-dealkylation sites (N-methyl/N-ethyl adjacent to an activating group) is 1. The van der Waals surface area contributed by atoms with Crippen molar-refractivity contribution < 1.29 is 13.9 Å². The largest absolute Gasteiger partial charge is 0.452 e. The van der Waals surface area contributed by atoms with Crippen molar-refractivity contribution in [2.75, 3.05) is 41.0 Å². The molecular formula is C24H27N3O4. The van der Waals surface area contributed by atoms with Crippen LogP contribution in [0, 0.1) is 0 Å². The molecule has 0 unspecified atom stereocenters. The number of methoxy groups -OCH3 is 1. The molecule has 0 atom stereocenters. The van der Waals surface area contributed by atoms with E-state index in [1.165, 1.54) is 0 Å². The van der Waals surface area contributed by atoms with Gasteiger partial charge in [-0.3, -0.25) is 4.57 Å². The van der Waals surface area contributed by atoms with E-state index in [9.17, 15) is 4.79 Å². The number of para-hydroxylation sites is 1. The zero-order chi connectivity index (χ0) is 21.8. The predicted octanol–water partition coefficient (Wildman–Crippen LogP) is 3.53. The van der Waals surface area contributed by atoms with Gasteiger partial charge in [0.2, 0.25) is 0 Å². The van der Waals surface area contributed by atoms with Crippen LogP contribution in [0.5, 0.6) is 0 Å². The molecule has 2 heterocycles. The average Bonchev–Trinajstić information content (AvgIpc) is 3.16. The van der Waals surface area contributed by atoms with Gasteiger partial charge in [-0.15, -0.1) is 0 Å². The summed E-state index contributed by atoms with van der Waals surface area (Å²) in [4.78, 5) is 19.4. The van der Waals surface area contributed by atoms with Crippen molar-refractivity contribution in [2.45, 2.75) is 13.2 Å². The molecule has 0 saturated carbocycles. The van der Waals surface area contributed by atoms with Gasteiger partial charge in [-0.05, 0) is 31.8 Å². The molecule has 0 radical (unpaired) electrons. The van der Waals surface area contributed by atoms with Crippen molar-refractivity contribution in [1.82, 2.24) is 14.5 Å². The summed E-state index contributed by atoms with van der Waals surface area (Å²) in [5, 5.41) is 0.889. The molecule has 0 aliphatic rings. The summed E-state index contributed by atoms with van der Waals surface area (Å²) >= 11 is 0. The molecule has 31 heavy (non-hydrogen) atoms. The summed E-state index contributed by atoms with van der Waals surface area (Å²) in [7, 11) is 5.66. The highest BCUT2D eigenvalue weighted by molar-refractivity contribution is 6.06. The first-order valence-corrected chi connectivity index (χ1v) is 10.3. The van der Waals surface area contributed by atoms with Gasteiger partial charge in [0.15, 0.2) is 5.58 Å². The molecule has 7 nitrogen and oxygen atoms in total. The first-order valence-electron chi connectivity index (χ1n) is 10.3. The van der Waals surface area contributed by atoms with Crippen molar-refractivity contribution in [3.05, 3.63) is 64.6 Å². The molecule has 0 saturated heterocycles. The Morgan fingerprint density at radius 3 is 2.58 bits per heavy atom. The van der Waals surface area contributed by atoms with Crippen LogP contribution in [0.25, 0.3) is 33.3 Å². The minimum atomic E-state index is -0.317. The van der Waals surface area contributed by atoms with E-state index >= 15 is 0 Å². The van der Waals surface area contributed by atoms with E-state index in [0.717, 1.165) is 34.2 Å². The Hall–Kier alpha value is -3.00. The van der Waals surface area contributed by atoms with E-state index in [4.69, 9.17) is 13.9 Å². The summed E-state index contributed by atoms with van der Waals surface area (Å²) in [6.07, 6.45) is 0. The van der Waals surface area contributed by atoms with Crippen LogP contribution in [0.2, 0.25) is 0 Å². The van der Waals surface area contributed by atoms with Crippen molar-refractivity contribution in [2.24, 2.45) is 0 Å². The lowest BCUT2D eigenvalue weighted by molar-refractivity contribution is 0.105. The topological polar surface area (TPSA) is 69.7 Å². The standard InChI is InChI=1S/C24H27N3O4/c1-26(2)12-15-30-16-17-8-10-18(11-9-17)21-23-22(19-6-4-5-7-20(19)31-23)27(13-14-29-3)24(28)25-21/h4-11H,12-16H2,1-3H3. The first kappa shape index (κ1) is 21.2. The van der Waals surface area contributed by atoms with Crippen LogP contribution >= 0.6 is 0 Å². The molecule has 0 aliphatic carbocycles. The normalized spacial score (nSPS) is 11.7. The molecule has 7 heteroatoms. The lowest BCUT2D eigenvalue weighted by Crippen LogP contribution is -2.25.